The van der Waals surface area contributed by atoms with E-state index in [0.29, 0.717) is 5.69 Å². The van der Waals surface area contributed by atoms with Gasteiger partial charge in [-0.3, -0.25) is 0 Å². The lowest BCUT2D eigenvalue weighted by Crippen LogP contribution is -2.12. The number of esters is 1. The molecular weight excluding hydrogens is 274 g/mol. The van der Waals surface area contributed by atoms with Gasteiger partial charge >= 0.3 is 5.97 Å². The van der Waals surface area contributed by atoms with Gasteiger partial charge in [0.2, 0.25) is 0 Å². The molecule has 0 aliphatic rings. The van der Waals surface area contributed by atoms with Crippen LogP contribution in [0, 0.1) is 0 Å². The molecule has 0 fully saturated rings. The summed E-state index contributed by atoms with van der Waals surface area (Å²) < 4.78 is 12.0. The van der Waals surface area contributed by atoms with Gasteiger partial charge in [-0.2, -0.15) is 0 Å². The van der Waals surface area contributed by atoms with Gasteiger partial charge in [-0.15, -0.1) is 11.3 Å². The van der Waals surface area contributed by atoms with E-state index in [2.05, 4.69) is 6.07 Å². The van der Waals surface area contributed by atoms with Crippen molar-refractivity contribution in [1.82, 2.24) is 4.57 Å². The Bertz CT molecular complexity index is 545. The fraction of sp³-hybridized carbons (Fsp3) is 0.400. The predicted molar refractivity (Wildman–Crippen MR) is 80.2 cm³/mol. The van der Waals surface area contributed by atoms with Crippen LogP contribution in [0.4, 0.5) is 0 Å². The Morgan fingerprint density at radius 2 is 2.10 bits per heavy atom. The molecule has 0 bridgehead atoms. The van der Waals surface area contributed by atoms with Crippen LogP contribution in [0.5, 0.6) is 0 Å². The van der Waals surface area contributed by atoms with Crippen molar-refractivity contribution in [3.63, 3.8) is 0 Å². The van der Waals surface area contributed by atoms with Crippen LogP contribution in [0.2, 0.25) is 0 Å². The first-order valence-corrected chi connectivity index (χ1v) is 7.46. The number of aromatic nitrogens is 1. The molecule has 0 radical (unpaired) electrons. The van der Waals surface area contributed by atoms with Crippen LogP contribution < -0.4 is 0 Å². The normalized spacial score (nSPS) is 10.7. The maximum atomic E-state index is 11.8. The van der Waals surface area contributed by atoms with Crippen LogP contribution >= 0.6 is 11.3 Å². The third-order valence-electron chi connectivity index (χ3n) is 3.13. The molecule has 0 atom stereocenters. The zero-order chi connectivity index (χ0) is 14.4. The highest BCUT2D eigenvalue weighted by Crippen LogP contribution is 2.27. The number of unbranched alkanes of at least 4 members (excludes halogenated alkanes) is 1. The lowest BCUT2D eigenvalue weighted by Gasteiger charge is -2.11. The molecule has 0 amide bonds. The van der Waals surface area contributed by atoms with Crippen LogP contribution in [0.15, 0.2) is 29.6 Å². The molecule has 20 heavy (non-hydrogen) atoms. The Balaban J connectivity index is 2.23. The fourth-order valence-electron chi connectivity index (χ4n) is 2.15. The number of hydrogen-bond donors (Lipinski definition) is 0. The predicted octanol–water partition coefficient (Wildman–Crippen LogP) is 3.43. The molecule has 0 N–H and O–H groups in total. The number of carbonyl (C=O) groups excluding carboxylic acids is 1. The first-order chi connectivity index (χ1) is 9.77. The third-order valence-corrected chi connectivity index (χ3v) is 4.02. The van der Waals surface area contributed by atoms with E-state index >= 15 is 0 Å². The summed E-state index contributed by atoms with van der Waals surface area (Å²) in [5.41, 5.74) is 1.67. The third kappa shape index (κ3) is 3.29. The Kier molecular flexibility index (Phi) is 5.38. The number of ether oxygens (including phenoxy) is 2. The zero-order valence-electron chi connectivity index (χ0n) is 11.8. The second-order valence-electron chi connectivity index (χ2n) is 4.42. The first kappa shape index (κ1) is 14.8. The lowest BCUT2D eigenvalue weighted by molar-refractivity contribution is 0.0588. The molecule has 0 saturated heterocycles. The van der Waals surface area contributed by atoms with Gasteiger partial charge in [-0.25, -0.2) is 4.79 Å². The van der Waals surface area contributed by atoms with Gasteiger partial charge in [0.05, 0.1) is 17.7 Å². The van der Waals surface area contributed by atoms with E-state index in [1.807, 2.05) is 28.1 Å². The molecular formula is C15H19NO3S. The van der Waals surface area contributed by atoms with Gasteiger partial charge in [-0.1, -0.05) is 6.07 Å². The molecule has 0 aliphatic heterocycles. The zero-order valence-corrected chi connectivity index (χ0v) is 12.6. The van der Waals surface area contributed by atoms with Gasteiger partial charge < -0.3 is 14.0 Å². The van der Waals surface area contributed by atoms with Crippen LogP contribution in [0.3, 0.4) is 0 Å². The van der Waals surface area contributed by atoms with Crippen molar-refractivity contribution in [2.45, 2.75) is 19.4 Å². The van der Waals surface area contributed by atoms with Crippen molar-refractivity contribution < 1.29 is 14.3 Å². The monoisotopic (exact) mass is 293 g/mol. The number of thiophene rings is 1. The lowest BCUT2D eigenvalue weighted by atomic mass is 10.3. The van der Waals surface area contributed by atoms with E-state index in [9.17, 15) is 4.79 Å². The summed E-state index contributed by atoms with van der Waals surface area (Å²) >= 11 is 1.67. The minimum atomic E-state index is -0.292. The highest BCUT2D eigenvalue weighted by atomic mass is 32.1. The molecule has 0 spiro atoms. The van der Waals surface area contributed by atoms with E-state index in [4.69, 9.17) is 9.47 Å². The van der Waals surface area contributed by atoms with E-state index in [1.54, 1.807) is 18.4 Å². The van der Waals surface area contributed by atoms with Gasteiger partial charge in [0.15, 0.2) is 0 Å². The van der Waals surface area contributed by atoms with E-state index in [1.165, 1.54) is 7.11 Å². The molecule has 4 nitrogen and oxygen atoms in total. The van der Waals surface area contributed by atoms with E-state index in [0.717, 1.165) is 36.6 Å². The quantitative estimate of drug-likeness (QED) is 0.580. The molecule has 0 aliphatic carbocycles. The molecule has 2 rings (SSSR count). The molecule has 2 aromatic heterocycles. The average molecular weight is 293 g/mol. The largest absolute Gasteiger partial charge is 0.464 e. The minimum absolute atomic E-state index is 0.292. The van der Waals surface area contributed by atoms with Crippen molar-refractivity contribution in [3.05, 3.63) is 35.3 Å². The van der Waals surface area contributed by atoms with Crippen molar-refractivity contribution in [2.24, 2.45) is 0 Å². The van der Waals surface area contributed by atoms with Crippen molar-refractivity contribution in [1.29, 1.82) is 0 Å². The van der Waals surface area contributed by atoms with Crippen LogP contribution in [-0.4, -0.2) is 31.4 Å². The SMILES string of the molecule is COCCCCn1c(C(=O)OC)ccc1-c1cccs1. The summed E-state index contributed by atoms with van der Waals surface area (Å²) in [6.45, 7) is 1.52. The van der Waals surface area contributed by atoms with Crippen molar-refractivity contribution in [3.8, 4) is 10.6 Å². The van der Waals surface area contributed by atoms with E-state index < -0.39 is 0 Å². The highest BCUT2D eigenvalue weighted by molar-refractivity contribution is 7.13. The van der Waals surface area contributed by atoms with Gasteiger partial charge in [-0.05, 0) is 36.4 Å². The Morgan fingerprint density at radius 1 is 1.25 bits per heavy atom. The minimum Gasteiger partial charge on any atom is -0.464 e. The van der Waals surface area contributed by atoms with Gasteiger partial charge in [0.25, 0.3) is 0 Å². The summed E-state index contributed by atoms with van der Waals surface area (Å²) in [5, 5.41) is 2.04. The Labute approximate surface area is 122 Å². The maximum Gasteiger partial charge on any atom is 0.354 e. The number of hydrogen-bond acceptors (Lipinski definition) is 4. The molecule has 2 aromatic rings. The summed E-state index contributed by atoms with van der Waals surface area (Å²) in [7, 11) is 3.11. The molecule has 0 aromatic carbocycles. The molecule has 2 heterocycles. The van der Waals surface area contributed by atoms with Crippen molar-refractivity contribution >= 4 is 17.3 Å². The number of carbonyl (C=O) groups is 1. The number of rotatable bonds is 7. The van der Waals surface area contributed by atoms with Gasteiger partial charge in [0, 0.05) is 20.3 Å². The average Bonchev–Trinajstić information content (AvgIpc) is 3.11. The first-order valence-electron chi connectivity index (χ1n) is 6.58. The van der Waals surface area contributed by atoms with Crippen LogP contribution in [-0.2, 0) is 16.0 Å². The second kappa shape index (κ2) is 7.26. The summed E-state index contributed by atoms with van der Waals surface area (Å²) in [5.74, 6) is -0.292. The molecule has 0 saturated carbocycles. The summed E-state index contributed by atoms with van der Waals surface area (Å²) in [4.78, 5) is 13.0. The fourth-order valence-corrected chi connectivity index (χ4v) is 2.91. The number of methoxy groups -OCH3 is 2. The Hall–Kier alpha value is -1.59. The number of nitrogens with zero attached hydrogens (tertiary/aromatic N) is 1. The maximum absolute atomic E-state index is 11.8. The van der Waals surface area contributed by atoms with Gasteiger partial charge in [0.1, 0.15) is 5.69 Å². The summed E-state index contributed by atoms with van der Waals surface area (Å²) in [6, 6.07) is 7.89. The molecule has 108 valence electrons. The highest BCUT2D eigenvalue weighted by Gasteiger charge is 2.16. The van der Waals surface area contributed by atoms with E-state index in [-0.39, 0.29) is 5.97 Å². The molecule has 0 unspecified atom stereocenters. The standard InChI is InChI=1S/C15H19NO3S/c1-18-10-4-3-9-16-12(14-6-5-11-20-14)7-8-13(16)15(17)19-2/h5-8,11H,3-4,9-10H2,1-2H3. The second-order valence-corrected chi connectivity index (χ2v) is 5.37. The smallest absolute Gasteiger partial charge is 0.354 e. The van der Waals surface area contributed by atoms with Crippen LogP contribution in [0.1, 0.15) is 23.3 Å². The topological polar surface area (TPSA) is 40.5 Å². The Morgan fingerprint density at radius 3 is 2.75 bits per heavy atom. The molecule has 5 heteroatoms. The summed E-state index contributed by atoms with van der Waals surface area (Å²) in [6.07, 6.45) is 1.93. The van der Waals surface area contributed by atoms with Crippen molar-refractivity contribution in [2.75, 3.05) is 20.8 Å². The van der Waals surface area contributed by atoms with Crippen LogP contribution in [0.25, 0.3) is 10.6 Å².